The molecule has 0 fully saturated rings. The predicted molar refractivity (Wildman–Crippen MR) is 89.8 cm³/mol. The monoisotopic (exact) mass is 294 g/mol. The molecule has 0 aliphatic carbocycles. The molecule has 21 heavy (non-hydrogen) atoms. The van der Waals surface area contributed by atoms with Gasteiger partial charge in [-0.15, -0.1) is 0 Å². The van der Waals surface area contributed by atoms with E-state index in [4.69, 9.17) is 0 Å². The van der Waals surface area contributed by atoms with E-state index in [1.807, 2.05) is 49.4 Å². The second-order valence-corrected chi connectivity index (χ2v) is 7.06. The Hall–Kier alpha value is -1.98. The maximum Gasteiger partial charge on any atom is 0.131 e. The first-order valence-electron chi connectivity index (χ1n) is 6.93. The Bertz CT molecular complexity index is 663. The molecule has 0 nitrogen and oxygen atoms in total. The summed E-state index contributed by atoms with van der Waals surface area (Å²) in [5.41, 5.74) is 1.01. The van der Waals surface area contributed by atoms with Crippen LogP contribution in [0.1, 0.15) is 5.56 Å². The maximum absolute atomic E-state index is 14.5. The quantitative estimate of drug-likeness (QED) is 0.643. The van der Waals surface area contributed by atoms with Gasteiger partial charge in [0.05, 0.1) is 0 Å². The van der Waals surface area contributed by atoms with Gasteiger partial charge in [0.15, 0.2) is 0 Å². The lowest BCUT2D eigenvalue weighted by molar-refractivity contribution is 0.635. The van der Waals surface area contributed by atoms with Crippen molar-refractivity contribution in [3.63, 3.8) is 0 Å². The first-order valence-corrected chi connectivity index (χ1v) is 8.27. The molecular formula is C19H16FP. The first-order chi connectivity index (χ1) is 10.3. The van der Waals surface area contributed by atoms with E-state index in [0.29, 0.717) is 0 Å². The van der Waals surface area contributed by atoms with Crippen molar-refractivity contribution in [1.29, 1.82) is 0 Å². The van der Waals surface area contributed by atoms with Crippen molar-refractivity contribution < 1.29 is 4.39 Å². The fourth-order valence-electron chi connectivity index (χ4n) is 2.47. The highest BCUT2D eigenvalue weighted by Gasteiger charge is 2.21. The molecule has 0 bridgehead atoms. The highest BCUT2D eigenvalue weighted by atomic mass is 31.1. The molecule has 0 radical (unpaired) electrons. The molecule has 0 heterocycles. The van der Waals surface area contributed by atoms with Gasteiger partial charge >= 0.3 is 0 Å². The average molecular weight is 294 g/mol. The highest BCUT2D eigenvalue weighted by Crippen LogP contribution is 2.34. The molecule has 0 amide bonds. The molecule has 0 saturated heterocycles. The second-order valence-electron chi connectivity index (χ2n) is 4.91. The van der Waals surface area contributed by atoms with Crippen molar-refractivity contribution in [2.45, 2.75) is 6.92 Å². The third-order valence-electron chi connectivity index (χ3n) is 3.44. The normalized spacial score (nSPS) is 10.8. The van der Waals surface area contributed by atoms with E-state index in [0.717, 1.165) is 10.9 Å². The molecule has 3 rings (SSSR count). The van der Waals surface area contributed by atoms with Crippen LogP contribution in [0.5, 0.6) is 0 Å². The highest BCUT2D eigenvalue weighted by molar-refractivity contribution is 7.79. The molecule has 0 N–H and O–H groups in total. The summed E-state index contributed by atoms with van der Waals surface area (Å²) in [7, 11) is -0.863. The van der Waals surface area contributed by atoms with E-state index in [1.165, 1.54) is 10.6 Å². The minimum Gasteiger partial charge on any atom is -0.206 e. The van der Waals surface area contributed by atoms with Crippen LogP contribution >= 0.6 is 7.92 Å². The van der Waals surface area contributed by atoms with E-state index in [-0.39, 0.29) is 5.82 Å². The number of hydrogen-bond donors (Lipinski definition) is 0. The Kier molecular flexibility index (Phi) is 4.13. The van der Waals surface area contributed by atoms with Gasteiger partial charge in [0.1, 0.15) is 5.82 Å². The van der Waals surface area contributed by atoms with Crippen LogP contribution in [0.25, 0.3) is 0 Å². The van der Waals surface area contributed by atoms with Gasteiger partial charge in [-0.1, -0.05) is 72.8 Å². The number of halogens is 1. The molecule has 0 aliphatic heterocycles. The molecule has 0 spiro atoms. The van der Waals surface area contributed by atoms with Gasteiger partial charge in [-0.25, -0.2) is 4.39 Å². The maximum atomic E-state index is 14.5. The molecule has 2 heteroatoms. The van der Waals surface area contributed by atoms with Gasteiger partial charge in [0.2, 0.25) is 0 Å². The summed E-state index contributed by atoms with van der Waals surface area (Å²) in [6.07, 6.45) is 0. The Morgan fingerprint density at radius 2 is 1.19 bits per heavy atom. The Morgan fingerprint density at radius 3 is 1.67 bits per heavy atom. The van der Waals surface area contributed by atoms with Gasteiger partial charge in [-0.05, 0) is 37.1 Å². The fourth-order valence-corrected chi connectivity index (χ4v) is 4.94. The molecule has 0 atom stereocenters. The summed E-state index contributed by atoms with van der Waals surface area (Å²) in [5.74, 6) is -0.117. The van der Waals surface area contributed by atoms with Crippen molar-refractivity contribution in [2.24, 2.45) is 0 Å². The van der Waals surface area contributed by atoms with Crippen molar-refractivity contribution in [1.82, 2.24) is 0 Å². The SMILES string of the molecule is Cc1cccc(F)c1P(c1ccccc1)c1ccccc1. The molecule has 0 aromatic heterocycles. The van der Waals surface area contributed by atoms with Crippen molar-refractivity contribution in [2.75, 3.05) is 0 Å². The molecule has 0 saturated carbocycles. The van der Waals surface area contributed by atoms with E-state index in [9.17, 15) is 4.39 Å². The molecular weight excluding hydrogens is 278 g/mol. The lowest BCUT2D eigenvalue weighted by Gasteiger charge is -2.21. The minimum absolute atomic E-state index is 0.117. The zero-order valence-corrected chi connectivity index (χ0v) is 12.7. The van der Waals surface area contributed by atoms with E-state index in [2.05, 4.69) is 24.3 Å². The zero-order valence-electron chi connectivity index (χ0n) is 11.8. The Balaban J connectivity index is 2.23. The zero-order chi connectivity index (χ0) is 14.7. The van der Waals surface area contributed by atoms with Gasteiger partial charge in [-0.2, -0.15) is 0 Å². The molecule has 3 aromatic carbocycles. The number of hydrogen-bond acceptors (Lipinski definition) is 0. The first kappa shape index (κ1) is 14.0. The Labute approximate surface area is 126 Å². The standard InChI is InChI=1S/C19H16FP/c1-15-9-8-14-18(20)19(15)21(16-10-4-2-5-11-16)17-12-6-3-7-13-17/h2-14H,1H3. The summed E-state index contributed by atoms with van der Waals surface area (Å²) >= 11 is 0. The van der Waals surface area contributed by atoms with E-state index < -0.39 is 7.92 Å². The van der Waals surface area contributed by atoms with Crippen molar-refractivity contribution >= 4 is 23.8 Å². The van der Waals surface area contributed by atoms with Crippen LogP contribution in [-0.4, -0.2) is 0 Å². The predicted octanol–water partition coefficient (Wildman–Crippen LogP) is 3.89. The number of aryl methyl sites for hydroxylation is 1. The summed E-state index contributed by atoms with van der Waals surface area (Å²) in [6.45, 7) is 1.99. The van der Waals surface area contributed by atoms with Crippen LogP contribution in [0.4, 0.5) is 4.39 Å². The number of benzene rings is 3. The Morgan fingerprint density at radius 1 is 0.667 bits per heavy atom. The summed E-state index contributed by atoms with van der Waals surface area (Å²) in [4.78, 5) is 0. The van der Waals surface area contributed by atoms with Crippen molar-refractivity contribution in [3.8, 4) is 0 Å². The largest absolute Gasteiger partial charge is 0.206 e. The fraction of sp³-hybridized carbons (Fsp3) is 0.0526. The minimum atomic E-state index is -0.863. The molecule has 3 aromatic rings. The van der Waals surface area contributed by atoms with Crippen LogP contribution in [-0.2, 0) is 0 Å². The lowest BCUT2D eigenvalue weighted by atomic mass is 10.2. The second kappa shape index (κ2) is 6.20. The lowest BCUT2D eigenvalue weighted by Crippen LogP contribution is -2.24. The van der Waals surface area contributed by atoms with Crippen LogP contribution in [0, 0.1) is 12.7 Å². The van der Waals surface area contributed by atoms with Gasteiger partial charge in [0, 0.05) is 5.30 Å². The van der Waals surface area contributed by atoms with E-state index >= 15 is 0 Å². The van der Waals surface area contributed by atoms with Gasteiger partial charge in [0.25, 0.3) is 0 Å². The molecule has 0 unspecified atom stereocenters. The summed E-state index contributed by atoms with van der Waals surface area (Å²) in [6, 6.07) is 25.7. The molecule has 104 valence electrons. The third kappa shape index (κ3) is 2.89. The van der Waals surface area contributed by atoms with Crippen LogP contribution < -0.4 is 15.9 Å². The summed E-state index contributed by atoms with van der Waals surface area (Å²) < 4.78 is 14.5. The average Bonchev–Trinajstić information content (AvgIpc) is 2.53. The van der Waals surface area contributed by atoms with Gasteiger partial charge in [-0.3, -0.25) is 0 Å². The van der Waals surface area contributed by atoms with Crippen molar-refractivity contribution in [3.05, 3.63) is 90.2 Å². The molecule has 0 aliphatic rings. The number of rotatable bonds is 3. The van der Waals surface area contributed by atoms with Crippen LogP contribution in [0.15, 0.2) is 78.9 Å². The van der Waals surface area contributed by atoms with Crippen LogP contribution in [0.2, 0.25) is 0 Å². The smallest absolute Gasteiger partial charge is 0.131 e. The van der Waals surface area contributed by atoms with Crippen LogP contribution in [0.3, 0.4) is 0 Å². The topological polar surface area (TPSA) is 0 Å². The van der Waals surface area contributed by atoms with E-state index in [1.54, 1.807) is 12.1 Å². The summed E-state index contributed by atoms with van der Waals surface area (Å²) in [5, 5.41) is 3.17. The third-order valence-corrected chi connectivity index (χ3v) is 6.08. The van der Waals surface area contributed by atoms with Gasteiger partial charge < -0.3 is 0 Å².